The Morgan fingerprint density at radius 1 is 0.978 bits per heavy atom. The van der Waals surface area contributed by atoms with Crippen LogP contribution in [0.25, 0.3) is 0 Å². The van der Waals surface area contributed by atoms with Crippen molar-refractivity contribution >= 4 is 15.7 Å². The molecule has 3 aliphatic rings. The average Bonchev–Trinajstić information content (AvgIpc) is 3.40. The van der Waals surface area contributed by atoms with Crippen LogP contribution >= 0.6 is 0 Å². The first kappa shape index (κ1) is 32.4. The molecule has 0 bridgehead atoms. The monoisotopic (exact) mass is 662 g/mol. The SMILES string of the molecule is CC(=O)N1CCC(CN2CC[C@@]3(S(=O)(=O)c4ccc(F)cc4)c4ccc(OCc5c(F)cccc5C(F)(F)F)cc4CC[C@@H]23)CC1. The highest BCUT2D eigenvalue weighted by atomic mass is 32.2. The van der Waals surface area contributed by atoms with Crippen LogP contribution in [0.15, 0.2) is 65.6 Å². The van der Waals surface area contributed by atoms with Gasteiger partial charge >= 0.3 is 6.18 Å². The van der Waals surface area contributed by atoms with Gasteiger partial charge in [0.25, 0.3) is 0 Å². The molecule has 46 heavy (non-hydrogen) atoms. The molecule has 1 aliphatic carbocycles. The molecule has 3 aromatic rings. The number of likely N-dealkylation sites (tertiary alicyclic amines) is 2. The molecule has 2 saturated heterocycles. The van der Waals surface area contributed by atoms with E-state index in [1.165, 1.54) is 18.2 Å². The summed E-state index contributed by atoms with van der Waals surface area (Å²) in [6.07, 6.45) is -1.78. The van der Waals surface area contributed by atoms with Gasteiger partial charge in [0.05, 0.1) is 10.5 Å². The molecule has 2 heterocycles. The van der Waals surface area contributed by atoms with Crippen molar-refractivity contribution in [3.8, 4) is 5.75 Å². The maximum absolute atomic E-state index is 14.6. The van der Waals surface area contributed by atoms with E-state index >= 15 is 0 Å². The van der Waals surface area contributed by atoms with Gasteiger partial charge in [0.1, 0.15) is 28.7 Å². The highest BCUT2D eigenvalue weighted by Gasteiger charge is 2.59. The van der Waals surface area contributed by atoms with E-state index in [1.54, 1.807) is 19.1 Å². The highest BCUT2D eigenvalue weighted by molar-refractivity contribution is 7.92. The third kappa shape index (κ3) is 5.78. The van der Waals surface area contributed by atoms with Gasteiger partial charge in [-0.05, 0) is 97.7 Å². The average molecular weight is 663 g/mol. The predicted molar refractivity (Wildman–Crippen MR) is 161 cm³/mol. The Morgan fingerprint density at radius 2 is 1.70 bits per heavy atom. The molecule has 0 unspecified atom stereocenters. The van der Waals surface area contributed by atoms with E-state index in [2.05, 4.69) is 4.90 Å². The highest BCUT2D eigenvalue weighted by Crippen LogP contribution is 2.53. The van der Waals surface area contributed by atoms with E-state index in [-0.39, 0.29) is 22.6 Å². The number of carbonyl (C=O) groups excluding carboxylic acids is 1. The molecular weight excluding hydrogens is 627 g/mol. The van der Waals surface area contributed by atoms with Crippen LogP contribution in [0.4, 0.5) is 22.0 Å². The van der Waals surface area contributed by atoms with Crippen LogP contribution in [0.2, 0.25) is 0 Å². The second-order valence-electron chi connectivity index (χ2n) is 12.5. The van der Waals surface area contributed by atoms with E-state index in [0.717, 1.165) is 43.2 Å². The second-order valence-corrected chi connectivity index (χ2v) is 14.7. The molecular formula is C34H35F5N2O4S. The summed E-state index contributed by atoms with van der Waals surface area (Å²) in [5.74, 6) is -1.02. The molecule has 0 spiro atoms. The summed E-state index contributed by atoms with van der Waals surface area (Å²) in [4.78, 5) is 15.9. The molecule has 0 N–H and O–H groups in total. The third-order valence-corrected chi connectivity index (χ3v) is 12.5. The normalized spacial score (nSPS) is 22.4. The lowest BCUT2D eigenvalue weighted by Crippen LogP contribution is -2.52. The van der Waals surface area contributed by atoms with Crippen molar-refractivity contribution in [3.63, 3.8) is 0 Å². The Balaban J connectivity index is 1.32. The summed E-state index contributed by atoms with van der Waals surface area (Å²) in [6.45, 7) is 3.46. The van der Waals surface area contributed by atoms with Crippen LogP contribution in [0.5, 0.6) is 5.75 Å². The molecule has 3 aromatic carbocycles. The molecule has 1 amide bonds. The molecule has 6 rings (SSSR count). The number of sulfone groups is 1. The Morgan fingerprint density at radius 3 is 2.37 bits per heavy atom. The first-order valence-corrected chi connectivity index (χ1v) is 16.9. The zero-order valence-corrected chi connectivity index (χ0v) is 26.1. The molecule has 2 aliphatic heterocycles. The number of aryl methyl sites for hydroxylation is 1. The lowest BCUT2D eigenvalue weighted by Gasteiger charge is -2.44. The summed E-state index contributed by atoms with van der Waals surface area (Å²) in [7, 11) is -4.06. The predicted octanol–water partition coefficient (Wildman–Crippen LogP) is 6.51. The van der Waals surface area contributed by atoms with E-state index in [9.17, 15) is 35.2 Å². The smallest absolute Gasteiger partial charge is 0.416 e. The van der Waals surface area contributed by atoms with Crippen LogP contribution in [0, 0.1) is 17.6 Å². The maximum Gasteiger partial charge on any atom is 0.416 e. The molecule has 0 saturated carbocycles. The van der Waals surface area contributed by atoms with Crippen LogP contribution < -0.4 is 4.74 Å². The standard InChI is InChI=1S/C34H35F5N2O4S/c1-22(42)40-16-13-23(14-17-40)20-41-18-15-33(46(43,44)27-9-6-25(35)7-10-27)29-11-8-26(19-24(29)5-12-32(33)41)45-21-28-30(34(37,38)39)3-2-4-31(28)36/h2-4,6-11,19,23,32H,5,12-18,20-21H2,1H3/t32-,33-/m1/s1. The fourth-order valence-corrected chi connectivity index (χ4v) is 10.0. The number of amides is 1. The lowest BCUT2D eigenvalue weighted by atomic mass is 9.78. The minimum atomic E-state index is -4.76. The van der Waals surface area contributed by atoms with E-state index in [0.29, 0.717) is 62.5 Å². The number of nitrogens with zero attached hydrogens (tertiary/aromatic N) is 2. The number of hydrogen-bond acceptors (Lipinski definition) is 5. The van der Waals surface area contributed by atoms with Crippen molar-refractivity contribution in [3.05, 3.63) is 94.6 Å². The number of benzene rings is 3. The first-order valence-electron chi connectivity index (χ1n) is 15.4. The quantitative estimate of drug-likeness (QED) is 0.213. The van der Waals surface area contributed by atoms with Gasteiger partial charge in [0, 0.05) is 44.7 Å². The van der Waals surface area contributed by atoms with Crippen LogP contribution in [-0.2, 0) is 38.6 Å². The summed E-state index contributed by atoms with van der Waals surface area (Å²) in [6, 6.07) is 12.1. The molecule has 246 valence electrons. The van der Waals surface area contributed by atoms with Crippen molar-refractivity contribution in [2.24, 2.45) is 5.92 Å². The third-order valence-electron chi connectivity index (χ3n) is 9.93. The van der Waals surface area contributed by atoms with Crippen LogP contribution in [0.3, 0.4) is 0 Å². The van der Waals surface area contributed by atoms with Gasteiger partial charge in [-0.15, -0.1) is 0 Å². The topological polar surface area (TPSA) is 66.9 Å². The summed E-state index contributed by atoms with van der Waals surface area (Å²) >= 11 is 0. The Labute approximate surface area is 265 Å². The van der Waals surface area contributed by atoms with Gasteiger partial charge in [0.15, 0.2) is 9.84 Å². The van der Waals surface area contributed by atoms with Crippen LogP contribution in [-0.4, -0.2) is 56.3 Å². The summed E-state index contributed by atoms with van der Waals surface area (Å²) in [5.41, 5.74) is -0.434. The van der Waals surface area contributed by atoms with Crippen LogP contribution in [0.1, 0.15) is 54.9 Å². The first-order chi connectivity index (χ1) is 21.8. The largest absolute Gasteiger partial charge is 0.489 e. The zero-order valence-electron chi connectivity index (χ0n) is 25.3. The van der Waals surface area contributed by atoms with Crippen molar-refractivity contribution in [1.29, 1.82) is 0 Å². The second kappa shape index (κ2) is 12.3. The molecule has 0 aromatic heterocycles. The number of rotatable bonds is 7. The molecule has 12 heteroatoms. The number of carbonyl (C=O) groups is 1. The Hall–Kier alpha value is -3.51. The fraction of sp³-hybridized carbons (Fsp3) is 0.441. The molecule has 2 atom stereocenters. The number of hydrogen-bond donors (Lipinski definition) is 0. The van der Waals surface area contributed by atoms with Crippen molar-refractivity contribution in [1.82, 2.24) is 9.80 Å². The number of ether oxygens (including phenoxy) is 1. The minimum Gasteiger partial charge on any atom is -0.489 e. The number of fused-ring (bicyclic) bond motifs is 3. The van der Waals surface area contributed by atoms with Gasteiger partial charge < -0.3 is 9.64 Å². The number of halogens is 5. The molecule has 0 radical (unpaired) electrons. The summed E-state index contributed by atoms with van der Waals surface area (Å²) < 4.78 is 102. The Bertz CT molecular complexity index is 1720. The molecule has 2 fully saturated rings. The van der Waals surface area contributed by atoms with Gasteiger partial charge in [-0.2, -0.15) is 13.2 Å². The zero-order chi connectivity index (χ0) is 32.9. The van der Waals surface area contributed by atoms with Gasteiger partial charge in [0.2, 0.25) is 5.91 Å². The summed E-state index contributed by atoms with van der Waals surface area (Å²) in [5, 5.41) is 0. The van der Waals surface area contributed by atoms with E-state index in [4.69, 9.17) is 4.74 Å². The number of piperidine rings is 1. The molecule has 6 nitrogen and oxygen atoms in total. The van der Waals surface area contributed by atoms with Crippen molar-refractivity contribution in [2.45, 2.75) is 67.5 Å². The van der Waals surface area contributed by atoms with Gasteiger partial charge in [-0.25, -0.2) is 17.2 Å². The Kier molecular flexibility index (Phi) is 8.64. The van der Waals surface area contributed by atoms with E-state index in [1.807, 2.05) is 4.90 Å². The lowest BCUT2D eigenvalue weighted by molar-refractivity contribution is -0.138. The van der Waals surface area contributed by atoms with Crippen molar-refractivity contribution in [2.75, 3.05) is 26.2 Å². The maximum atomic E-state index is 14.6. The van der Waals surface area contributed by atoms with Gasteiger partial charge in [-0.3, -0.25) is 9.69 Å². The van der Waals surface area contributed by atoms with Crippen molar-refractivity contribution < 1.29 is 39.9 Å². The van der Waals surface area contributed by atoms with Gasteiger partial charge in [-0.1, -0.05) is 12.1 Å². The van der Waals surface area contributed by atoms with E-state index < -0.39 is 50.1 Å². The fourth-order valence-electron chi connectivity index (χ4n) is 7.62. The number of alkyl halides is 3. The minimum absolute atomic E-state index is 0.0166.